The van der Waals surface area contributed by atoms with Crippen molar-refractivity contribution < 1.29 is 24.5 Å². The number of aliphatic hydroxyl groups excluding tert-OH is 1. The van der Waals surface area contributed by atoms with Gasteiger partial charge in [0.2, 0.25) is 0 Å². The number of hydrogen-bond donors (Lipinski definition) is 2. The Morgan fingerprint density at radius 2 is 1.68 bits per heavy atom. The number of hydrogen-bond acceptors (Lipinski definition) is 5. The second-order valence-electron chi connectivity index (χ2n) is 15.5. The van der Waals surface area contributed by atoms with E-state index in [1.807, 2.05) is 7.11 Å². The number of carbonyl (C=O) groups is 1. The molecule has 4 saturated carbocycles. The summed E-state index contributed by atoms with van der Waals surface area (Å²) in [6.07, 6.45) is 9.88. The lowest BCUT2D eigenvalue weighted by Crippen LogP contribution is -2.57. The summed E-state index contributed by atoms with van der Waals surface area (Å²) in [6, 6.07) is 0. The number of ether oxygens (including phenoxy) is 2. The van der Waals surface area contributed by atoms with Crippen molar-refractivity contribution in [2.75, 3.05) is 7.11 Å². The molecule has 216 valence electrons. The van der Waals surface area contributed by atoms with Gasteiger partial charge in [0.05, 0.1) is 24.6 Å². The Bertz CT molecular complexity index is 1010. The number of carbonyl (C=O) groups excluding carboxylic acids is 1. The lowest BCUT2D eigenvalue weighted by Gasteiger charge is -2.62. The van der Waals surface area contributed by atoms with E-state index in [-0.39, 0.29) is 28.3 Å². The molecule has 0 bridgehead atoms. The summed E-state index contributed by atoms with van der Waals surface area (Å²) in [5.41, 5.74) is 1.46. The molecule has 5 rings (SSSR count). The molecule has 0 amide bonds. The molecule has 0 aliphatic heterocycles. The number of aliphatic hydroxyl groups is 2. The van der Waals surface area contributed by atoms with Crippen LogP contribution >= 0.6 is 0 Å². The largest absolute Gasteiger partial charge is 0.501 e. The molecule has 0 saturated heterocycles. The predicted octanol–water partition coefficient (Wildman–Crippen LogP) is 6.80. The summed E-state index contributed by atoms with van der Waals surface area (Å²) in [7, 11) is 1.84. The number of rotatable bonds is 7. The van der Waals surface area contributed by atoms with Crippen molar-refractivity contribution in [1.29, 1.82) is 0 Å². The third-order valence-electron chi connectivity index (χ3n) is 13.7. The van der Waals surface area contributed by atoms with E-state index in [1.54, 1.807) is 13.8 Å². The molecule has 2 N–H and O–H groups in total. The molecule has 0 aromatic heterocycles. The highest BCUT2D eigenvalue weighted by Gasteiger charge is 2.85. The number of methoxy groups -OCH3 is 1. The molecule has 5 heteroatoms. The maximum absolute atomic E-state index is 11.7. The van der Waals surface area contributed by atoms with Gasteiger partial charge in [-0.1, -0.05) is 34.6 Å². The van der Waals surface area contributed by atoms with Gasteiger partial charge in [-0.25, -0.2) is 0 Å². The van der Waals surface area contributed by atoms with Crippen molar-refractivity contribution in [2.24, 2.45) is 44.8 Å². The van der Waals surface area contributed by atoms with E-state index >= 15 is 0 Å². The van der Waals surface area contributed by atoms with E-state index in [2.05, 4.69) is 34.6 Å². The van der Waals surface area contributed by atoms with Crippen LogP contribution in [-0.2, 0) is 14.3 Å². The highest BCUT2D eigenvalue weighted by molar-refractivity contribution is 5.66. The van der Waals surface area contributed by atoms with Crippen LogP contribution in [0.25, 0.3) is 0 Å². The Labute approximate surface area is 231 Å². The highest BCUT2D eigenvalue weighted by Crippen LogP contribution is 2.91. The van der Waals surface area contributed by atoms with Crippen molar-refractivity contribution in [2.45, 2.75) is 137 Å². The lowest BCUT2D eigenvalue weighted by atomic mass is 9.42. The van der Waals surface area contributed by atoms with E-state index in [0.717, 1.165) is 31.6 Å². The zero-order valence-corrected chi connectivity index (χ0v) is 25.6. The predicted molar refractivity (Wildman–Crippen MR) is 149 cm³/mol. The third-order valence-corrected chi connectivity index (χ3v) is 13.7. The van der Waals surface area contributed by atoms with Gasteiger partial charge in [-0.2, -0.15) is 0 Å². The van der Waals surface area contributed by atoms with Crippen molar-refractivity contribution in [3.8, 4) is 0 Å². The van der Waals surface area contributed by atoms with Gasteiger partial charge < -0.3 is 19.7 Å². The molecule has 38 heavy (non-hydrogen) atoms. The first kappa shape index (κ1) is 28.5. The van der Waals surface area contributed by atoms with E-state index in [4.69, 9.17) is 9.47 Å². The Morgan fingerprint density at radius 3 is 2.29 bits per heavy atom. The first-order chi connectivity index (χ1) is 17.5. The Kier molecular flexibility index (Phi) is 6.53. The molecule has 5 aliphatic carbocycles. The minimum Gasteiger partial charge on any atom is -0.501 e. The molecular formula is C33H54O5. The van der Waals surface area contributed by atoms with Gasteiger partial charge in [0.1, 0.15) is 6.10 Å². The van der Waals surface area contributed by atoms with Crippen molar-refractivity contribution in [3.05, 3.63) is 11.3 Å². The van der Waals surface area contributed by atoms with Gasteiger partial charge in [0.25, 0.3) is 0 Å². The minimum atomic E-state index is -1.06. The van der Waals surface area contributed by atoms with Gasteiger partial charge >= 0.3 is 5.97 Å². The molecular weight excluding hydrogens is 476 g/mol. The lowest BCUT2D eigenvalue weighted by molar-refractivity contribution is -0.160. The first-order valence-corrected chi connectivity index (χ1v) is 15.4. The molecule has 4 fully saturated rings. The molecule has 0 aromatic rings. The molecule has 0 radical (unpaired) electrons. The van der Waals surface area contributed by atoms with Gasteiger partial charge in [-0.05, 0) is 122 Å². The molecule has 2 spiro atoms. The quantitative estimate of drug-likeness (QED) is 0.354. The van der Waals surface area contributed by atoms with Gasteiger partial charge in [-0.15, -0.1) is 0 Å². The van der Waals surface area contributed by atoms with Gasteiger partial charge in [-0.3, -0.25) is 4.79 Å². The zero-order chi connectivity index (χ0) is 28.1. The number of fused-ring (bicyclic) bond motifs is 2. The zero-order valence-electron chi connectivity index (χ0n) is 25.6. The standard InChI is InChI=1S/C33H54O5/c1-20-32-16-15-26(35)28(3,4)24(32)13-14-25-31(8)19-23(37-9)22(30(31,7)17-18-33(20,25)32)11-10-12-27(29(5,6)36)38-21(2)34/h20,24-27,35-36H,10-19H2,1-9H3/t20-,24?,25+,26+,27+,30-,31+,32-,33+/m1/s1. The SMILES string of the molecule is COC1=C(CCC[C@H](OC(C)=O)C(C)(C)O)[C@@]2(C)CC[C@]34[C@@H](CCC5C(C)(C)[C@@H](O)CC[C@@]53[C@H]4C)[C@]2(C)C1. The minimum absolute atomic E-state index is 0.00161. The Morgan fingerprint density at radius 1 is 1.05 bits per heavy atom. The summed E-state index contributed by atoms with van der Waals surface area (Å²) in [4.78, 5) is 11.7. The third kappa shape index (κ3) is 3.45. The second-order valence-corrected chi connectivity index (χ2v) is 15.5. The smallest absolute Gasteiger partial charge is 0.303 e. The molecule has 0 aromatic carbocycles. The summed E-state index contributed by atoms with van der Waals surface area (Å²) in [5, 5.41) is 21.6. The number of esters is 1. The highest BCUT2D eigenvalue weighted by atomic mass is 16.6. The second kappa shape index (κ2) is 8.71. The van der Waals surface area contributed by atoms with Crippen molar-refractivity contribution >= 4 is 5.97 Å². The van der Waals surface area contributed by atoms with Crippen LogP contribution in [0.15, 0.2) is 11.3 Å². The van der Waals surface area contributed by atoms with E-state index in [0.29, 0.717) is 29.1 Å². The van der Waals surface area contributed by atoms with Crippen LogP contribution < -0.4 is 0 Å². The summed E-state index contributed by atoms with van der Waals surface area (Å²) < 4.78 is 11.7. The van der Waals surface area contributed by atoms with Crippen LogP contribution in [0, 0.1) is 44.8 Å². The van der Waals surface area contributed by atoms with Gasteiger partial charge in [0, 0.05) is 13.3 Å². The average Bonchev–Trinajstić information content (AvgIpc) is 3.26. The number of allylic oxidation sites excluding steroid dienone is 2. The summed E-state index contributed by atoms with van der Waals surface area (Å²) in [5.74, 6) is 2.87. The molecule has 0 heterocycles. The van der Waals surface area contributed by atoms with Crippen LogP contribution in [-0.4, -0.2) is 41.1 Å². The van der Waals surface area contributed by atoms with Crippen molar-refractivity contribution in [1.82, 2.24) is 0 Å². The van der Waals surface area contributed by atoms with E-state index in [9.17, 15) is 15.0 Å². The van der Waals surface area contributed by atoms with Crippen molar-refractivity contribution in [3.63, 3.8) is 0 Å². The normalized spacial score (nSPS) is 45.9. The van der Waals surface area contributed by atoms with Crippen LogP contribution in [0.2, 0.25) is 0 Å². The molecule has 1 unspecified atom stereocenters. The maximum Gasteiger partial charge on any atom is 0.303 e. The molecule has 9 atom stereocenters. The monoisotopic (exact) mass is 530 g/mol. The molecule has 5 aliphatic rings. The van der Waals surface area contributed by atoms with Crippen LogP contribution in [0.1, 0.15) is 120 Å². The van der Waals surface area contributed by atoms with E-state index in [1.165, 1.54) is 50.4 Å². The van der Waals surface area contributed by atoms with Crippen LogP contribution in [0.3, 0.4) is 0 Å². The first-order valence-electron chi connectivity index (χ1n) is 15.4. The van der Waals surface area contributed by atoms with E-state index < -0.39 is 11.7 Å². The fourth-order valence-electron chi connectivity index (χ4n) is 11.6. The van der Waals surface area contributed by atoms with Crippen LogP contribution in [0.4, 0.5) is 0 Å². The fourth-order valence-corrected chi connectivity index (χ4v) is 11.6. The maximum atomic E-state index is 11.7. The van der Waals surface area contributed by atoms with Crippen LogP contribution in [0.5, 0.6) is 0 Å². The summed E-state index contributed by atoms with van der Waals surface area (Å²) >= 11 is 0. The molecule has 5 nitrogen and oxygen atoms in total. The average molecular weight is 531 g/mol. The summed E-state index contributed by atoms with van der Waals surface area (Å²) in [6.45, 7) is 17.2. The fraction of sp³-hybridized carbons (Fsp3) is 0.909. The topological polar surface area (TPSA) is 76.0 Å². The van der Waals surface area contributed by atoms with Gasteiger partial charge in [0.15, 0.2) is 0 Å². The Balaban J connectivity index is 1.40. The Hall–Kier alpha value is -1.07.